The van der Waals surface area contributed by atoms with Crippen LogP contribution < -0.4 is 0 Å². The van der Waals surface area contributed by atoms with E-state index in [4.69, 9.17) is 13.1 Å². The smallest absolute Gasteiger partial charge is 0.152 e. The van der Waals surface area contributed by atoms with Gasteiger partial charge in [0.05, 0.1) is 31.8 Å². The molecule has 6 heteroatoms. The molecule has 0 amide bonds. The molecule has 4 aliphatic carbocycles. The summed E-state index contributed by atoms with van der Waals surface area (Å²) in [5.74, 6) is 3.36. The van der Waals surface area contributed by atoms with Gasteiger partial charge in [-0.05, 0) is 105 Å². The number of hydrogen-bond acceptors (Lipinski definition) is 4. The zero-order chi connectivity index (χ0) is 22.0. The van der Waals surface area contributed by atoms with Crippen LogP contribution in [0, 0.1) is 46.3 Å². The van der Waals surface area contributed by atoms with Crippen molar-refractivity contribution < 1.29 is 9.90 Å². The molecule has 4 fully saturated rings. The van der Waals surface area contributed by atoms with E-state index in [0.29, 0.717) is 23.3 Å². The Balaban J connectivity index is 1.35. The van der Waals surface area contributed by atoms with Crippen LogP contribution in [0.4, 0.5) is 0 Å². The molecule has 2 radical (unpaired) electrons. The average molecular weight is 419 g/mol. The molecular formula is C25H34BN3O2. The third-order valence-corrected chi connectivity index (χ3v) is 10.1. The first-order chi connectivity index (χ1) is 14.7. The molecule has 1 heterocycles. The standard InChI is InChI=1S/C25H34BN3O2/c1-23(31)8-5-18-17(11-23)3-4-20-19(18)6-9-24(2)21(20)7-10-25(24,26)22(30)15-29-14-16(12-27)13-28-29/h13-14,17-21,31H,3-11,15H2,1-2H3/t17-,18+,19-,20-,21+,23-,24+,25+/m1/s1. The number of fused-ring (bicyclic) bond motifs is 5. The molecule has 164 valence electrons. The molecule has 0 saturated heterocycles. The van der Waals surface area contributed by atoms with Crippen molar-refractivity contribution in [1.29, 1.82) is 5.26 Å². The minimum atomic E-state index is -0.811. The van der Waals surface area contributed by atoms with Crippen LogP contribution in [-0.2, 0) is 11.3 Å². The lowest BCUT2D eigenvalue weighted by atomic mass is 9.43. The maximum atomic E-state index is 13.5. The molecule has 0 aromatic carbocycles. The van der Waals surface area contributed by atoms with Gasteiger partial charge in [0.2, 0.25) is 0 Å². The molecule has 5 rings (SSSR count). The highest BCUT2D eigenvalue weighted by atomic mass is 16.3. The average Bonchev–Trinajstić information content (AvgIpc) is 3.29. The van der Waals surface area contributed by atoms with Gasteiger partial charge in [0.25, 0.3) is 0 Å². The lowest BCUT2D eigenvalue weighted by molar-refractivity contribution is -0.131. The van der Waals surface area contributed by atoms with E-state index in [1.165, 1.54) is 19.0 Å². The molecule has 0 unspecified atom stereocenters. The largest absolute Gasteiger partial charge is 0.390 e. The van der Waals surface area contributed by atoms with Crippen LogP contribution in [0.3, 0.4) is 0 Å². The number of aromatic nitrogens is 2. The Morgan fingerprint density at radius 2 is 1.97 bits per heavy atom. The van der Waals surface area contributed by atoms with E-state index < -0.39 is 10.9 Å². The number of nitriles is 1. The molecular weight excluding hydrogens is 385 g/mol. The second-order valence-electron chi connectivity index (χ2n) is 11.6. The Morgan fingerprint density at radius 3 is 2.71 bits per heavy atom. The quantitative estimate of drug-likeness (QED) is 0.750. The minimum absolute atomic E-state index is 0.0611. The number of rotatable bonds is 3. The lowest BCUT2D eigenvalue weighted by Gasteiger charge is -2.58. The third kappa shape index (κ3) is 3.22. The molecule has 4 saturated carbocycles. The molecule has 0 aliphatic heterocycles. The van der Waals surface area contributed by atoms with E-state index in [1.807, 2.05) is 6.92 Å². The minimum Gasteiger partial charge on any atom is -0.390 e. The van der Waals surface area contributed by atoms with Crippen molar-refractivity contribution in [2.45, 2.75) is 89.1 Å². The molecule has 4 aliphatic rings. The van der Waals surface area contributed by atoms with Crippen molar-refractivity contribution in [3.63, 3.8) is 0 Å². The van der Waals surface area contributed by atoms with Crippen LogP contribution in [-0.4, -0.2) is 34.1 Å². The van der Waals surface area contributed by atoms with Crippen molar-refractivity contribution in [3.05, 3.63) is 18.0 Å². The van der Waals surface area contributed by atoms with Gasteiger partial charge < -0.3 is 5.11 Å². The van der Waals surface area contributed by atoms with Gasteiger partial charge in [-0.2, -0.15) is 10.4 Å². The monoisotopic (exact) mass is 419 g/mol. The van der Waals surface area contributed by atoms with Crippen molar-refractivity contribution >= 4 is 13.6 Å². The number of aliphatic hydroxyl groups is 1. The van der Waals surface area contributed by atoms with Gasteiger partial charge in [-0.3, -0.25) is 9.48 Å². The zero-order valence-electron chi connectivity index (χ0n) is 18.9. The molecule has 31 heavy (non-hydrogen) atoms. The van der Waals surface area contributed by atoms with E-state index in [0.717, 1.165) is 56.8 Å². The number of hydrogen-bond donors (Lipinski definition) is 1. The van der Waals surface area contributed by atoms with Crippen molar-refractivity contribution in [2.75, 3.05) is 0 Å². The van der Waals surface area contributed by atoms with Gasteiger partial charge in [0.1, 0.15) is 6.07 Å². The molecule has 1 aromatic rings. The van der Waals surface area contributed by atoms with Crippen molar-refractivity contribution in [3.8, 4) is 6.07 Å². The summed E-state index contributed by atoms with van der Waals surface area (Å²) in [5, 5.41) is 23.0. The molecule has 0 bridgehead atoms. The third-order valence-electron chi connectivity index (χ3n) is 10.1. The summed E-state index contributed by atoms with van der Waals surface area (Å²) in [6.45, 7) is 4.44. The van der Waals surface area contributed by atoms with E-state index >= 15 is 0 Å². The highest BCUT2D eigenvalue weighted by Crippen LogP contribution is 2.70. The Kier molecular flexibility index (Phi) is 4.94. The van der Waals surface area contributed by atoms with Crippen LogP contribution in [0.1, 0.15) is 77.2 Å². The normalized spacial score (nSPS) is 46.5. The van der Waals surface area contributed by atoms with Gasteiger partial charge >= 0.3 is 0 Å². The molecule has 8 atom stereocenters. The second kappa shape index (κ2) is 7.20. The first-order valence-corrected chi connectivity index (χ1v) is 12.1. The molecule has 1 aromatic heterocycles. The molecule has 0 spiro atoms. The predicted molar refractivity (Wildman–Crippen MR) is 118 cm³/mol. The Labute approximate surface area is 187 Å². The summed E-state index contributed by atoms with van der Waals surface area (Å²) in [4.78, 5) is 13.5. The number of carbonyl (C=O) groups excluding carboxylic acids is 1. The molecule has 5 nitrogen and oxygen atoms in total. The highest BCUT2D eigenvalue weighted by Gasteiger charge is 2.63. The Morgan fingerprint density at radius 1 is 1.19 bits per heavy atom. The van der Waals surface area contributed by atoms with E-state index in [1.54, 1.807) is 10.9 Å². The Hall–Kier alpha value is -1.61. The summed E-state index contributed by atoms with van der Waals surface area (Å²) in [7, 11) is 6.98. The number of Topliss-reactive ketones (excluding diaryl/α,β-unsaturated/α-hetero) is 1. The Bertz CT molecular complexity index is 920. The van der Waals surface area contributed by atoms with Gasteiger partial charge in [-0.1, -0.05) is 6.92 Å². The first-order valence-electron chi connectivity index (χ1n) is 12.1. The summed E-state index contributed by atoms with van der Waals surface area (Å²) < 4.78 is 1.57. The van der Waals surface area contributed by atoms with E-state index in [-0.39, 0.29) is 17.7 Å². The number of nitrogens with zero attached hydrogens (tertiary/aromatic N) is 3. The second-order valence-corrected chi connectivity index (χ2v) is 11.6. The van der Waals surface area contributed by atoms with Gasteiger partial charge in [0.15, 0.2) is 5.78 Å². The van der Waals surface area contributed by atoms with Crippen molar-refractivity contribution in [2.24, 2.45) is 35.0 Å². The topological polar surface area (TPSA) is 78.9 Å². The summed E-state index contributed by atoms with van der Waals surface area (Å²) in [6.07, 6.45) is 12.6. The SMILES string of the molecule is [B][C@]1(C(=O)Cn2cc(C#N)cn2)CC[C@H]2[C@@H]3CC[C@@H]4C[C@](C)(O)CC[C@@H]4[C@H]3CC[C@@]21C. The van der Waals surface area contributed by atoms with Crippen LogP contribution in [0.5, 0.6) is 0 Å². The van der Waals surface area contributed by atoms with Gasteiger partial charge in [-0.15, -0.1) is 0 Å². The lowest BCUT2D eigenvalue weighted by Crippen LogP contribution is -2.52. The maximum absolute atomic E-state index is 13.5. The zero-order valence-corrected chi connectivity index (χ0v) is 18.9. The van der Waals surface area contributed by atoms with Crippen LogP contribution in [0.2, 0.25) is 5.31 Å². The summed E-state index contributed by atoms with van der Waals surface area (Å²) in [5.41, 5.74) is -0.178. The van der Waals surface area contributed by atoms with Crippen LogP contribution in [0.15, 0.2) is 12.4 Å². The molecule has 1 N–H and O–H groups in total. The highest BCUT2D eigenvalue weighted by molar-refractivity contribution is 6.29. The van der Waals surface area contributed by atoms with Crippen LogP contribution >= 0.6 is 0 Å². The maximum Gasteiger partial charge on any atom is 0.152 e. The van der Waals surface area contributed by atoms with Crippen molar-refractivity contribution in [1.82, 2.24) is 9.78 Å². The predicted octanol–water partition coefficient (Wildman–Crippen LogP) is 4.05. The van der Waals surface area contributed by atoms with E-state index in [2.05, 4.69) is 18.1 Å². The summed E-state index contributed by atoms with van der Waals surface area (Å²) in [6, 6.07) is 2.07. The van der Waals surface area contributed by atoms with E-state index in [9.17, 15) is 9.90 Å². The fourth-order valence-corrected chi connectivity index (χ4v) is 8.41. The number of carbonyl (C=O) groups is 1. The van der Waals surface area contributed by atoms with Gasteiger partial charge in [-0.25, -0.2) is 0 Å². The summed E-state index contributed by atoms with van der Waals surface area (Å²) >= 11 is 0. The number of ketones is 1. The fraction of sp³-hybridized carbons (Fsp3) is 0.800. The van der Waals surface area contributed by atoms with Gasteiger partial charge in [0, 0.05) is 6.20 Å². The first kappa shape index (κ1) is 21.3. The fourth-order valence-electron chi connectivity index (χ4n) is 8.41. The van der Waals surface area contributed by atoms with Crippen LogP contribution in [0.25, 0.3) is 0 Å².